The fourth-order valence-corrected chi connectivity index (χ4v) is 3.27. The largest absolute Gasteiger partial charge is 0.289 e. The van der Waals surface area contributed by atoms with Crippen LogP contribution < -0.4 is 0 Å². The number of rotatable bonds is 5. The quantitative estimate of drug-likeness (QED) is 0.306. The molecule has 4 aromatic carbocycles. The topological polar surface area (TPSA) is 17.1 Å². The summed E-state index contributed by atoms with van der Waals surface area (Å²) in [6, 6.07) is 28.9. The Morgan fingerprint density at radius 3 is 2.04 bits per heavy atom. The predicted molar refractivity (Wildman–Crippen MR) is 110 cm³/mol. The van der Waals surface area contributed by atoms with Crippen LogP contribution >= 0.6 is 0 Å². The molecule has 0 atom stereocenters. The number of carbonyl (C=O) groups is 1. The number of benzene rings is 4. The number of allylic oxidation sites excluding steroid dienone is 2. The van der Waals surface area contributed by atoms with Gasteiger partial charge in [0.15, 0.2) is 5.78 Å². The fourth-order valence-electron chi connectivity index (χ4n) is 3.27. The van der Waals surface area contributed by atoms with Gasteiger partial charge < -0.3 is 0 Å². The van der Waals surface area contributed by atoms with Crippen molar-refractivity contribution in [1.82, 2.24) is 0 Å². The van der Waals surface area contributed by atoms with Gasteiger partial charge in [-0.15, -0.1) is 0 Å². The molecule has 0 aliphatic heterocycles. The van der Waals surface area contributed by atoms with Gasteiger partial charge in [-0.25, -0.2) is 0 Å². The van der Waals surface area contributed by atoms with Crippen molar-refractivity contribution in [3.63, 3.8) is 0 Å². The zero-order chi connectivity index (χ0) is 17.8. The molecule has 0 amide bonds. The highest BCUT2D eigenvalue weighted by Crippen LogP contribution is 2.18. The van der Waals surface area contributed by atoms with Crippen LogP contribution in [-0.2, 0) is 6.42 Å². The molecule has 0 spiro atoms. The third-order valence-electron chi connectivity index (χ3n) is 4.72. The Bertz CT molecular complexity index is 1110. The molecule has 0 heterocycles. The van der Waals surface area contributed by atoms with Crippen molar-refractivity contribution in [1.29, 1.82) is 0 Å². The summed E-state index contributed by atoms with van der Waals surface area (Å²) < 4.78 is 0. The molecular weight excluding hydrogens is 316 g/mol. The third-order valence-corrected chi connectivity index (χ3v) is 4.72. The molecule has 0 unspecified atom stereocenters. The lowest BCUT2D eigenvalue weighted by molar-refractivity contribution is 0.104. The molecule has 0 radical (unpaired) electrons. The van der Waals surface area contributed by atoms with Gasteiger partial charge in [0.2, 0.25) is 0 Å². The van der Waals surface area contributed by atoms with Crippen LogP contribution in [0, 0.1) is 0 Å². The first kappa shape index (κ1) is 16.3. The van der Waals surface area contributed by atoms with Gasteiger partial charge in [-0.3, -0.25) is 4.79 Å². The van der Waals surface area contributed by atoms with Gasteiger partial charge in [0.25, 0.3) is 0 Å². The maximum absolute atomic E-state index is 12.4. The number of hydrogen-bond donors (Lipinski definition) is 0. The molecule has 26 heavy (non-hydrogen) atoms. The van der Waals surface area contributed by atoms with E-state index in [2.05, 4.69) is 48.5 Å². The van der Waals surface area contributed by atoms with Crippen LogP contribution in [0.25, 0.3) is 21.5 Å². The molecule has 0 fully saturated rings. The van der Waals surface area contributed by atoms with Crippen molar-refractivity contribution in [2.45, 2.75) is 12.8 Å². The standard InChI is InChI=1S/C25H20O/c26-25(24-16-15-21-9-3-5-11-23(21)18-24)12-6-1-7-19-13-14-20-8-2-4-10-22(20)17-19/h2-6,8-18H,1,7H2. The number of ketones is 1. The van der Waals surface area contributed by atoms with Crippen molar-refractivity contribution >= 4 is 27.3 Å². The minimum Gasteiger partial charge on any atom is -0.289 e. The lowest BCUT2D eigenvalue weighted by Crippen LogP contribution is -1.94. The van der Waals surface area contributed by atoms with E-state index in [1.165, 1.54) is 16.3 Å². The Morgan fingerprint density at radius 2 is 1.31 bits per heavy atom. The molecule has 0 aliphatic carbocycles. The average Bonchev–Trinajstić information content (AvgIpc) is 2.70. The van der Waals surface area contributed by atoms with E-state index in [-0.39, 0.29) is 5.78 Å². The van der Waals surface area contributed by atoms with E-state index >= 15 is 0 Å². The summed E-state index contributed by atoms with van der Waals surface area (Å²) in [5.41, 5.74) is 2.04. The van der Waals surface area contributed by atoms with Gasteiger partial charge >= 0.3 is 0 Å². The summed E-state index contributed by atoms with van der Waals surface area (Å²) in [6.07, 6.45) is 5.47. The van der Waals surface area contributed by atoms with E-state index in [4.69, 9.17) is 0 Å². The van der Waals surface area contributed by atoms with E-state index < -0.39 is 0 Å². The monoisotopic (exact) mass is 336 g/mol. The van der Waals surface area contributed by atoms with Gasteiger partial charge in [-0.2, -0.15) is 0 Å². The summed E-state index contributed by atoms with van der Waals surface area (Å²) in [7, 11) is 0. The smallest absolute Gasteiger partial charge is 0.185 e. The molecule has 1 heteroatoms. The highest BCUT2D eigenvalue weighted by Gasteiger charge is 2.03. The summed E-state index contributed by atoms with van der Waals surface area (Å²) >= 11 is 0. The van der Waals surface area contributed by atoms with Crippen molar-refractivity contribution < 1.29 is 4.79 Å². The number of fused-ring (bicyclic) bond motifs is 2. The highest BCUT2D eigenvalue weighted by molar-refractivity contribution is 6.06. The van der Waals surface area contributed by atoms with Crippen LogP contribution in [0.2, 0.25) is 0 Å². The minimum atomic E-state index is 0.0641. The molecule has 4 rings (SSSR count). The lowest BCUT2D eigenvalue weighted by atomic mass is 10.0. The molecule has 0 bridgehead atoms. The maximum atomic E-state index is 12.4. The van der Waals surface area contributed by atoms with Crippen molar-refractivity contribution in [3.8, 4) is 0 Å². The first-order valence-electron chi connectivity index (χ1n) is 8.97. The van der Waals surface area contributed by atoms with Crippen molar-refractivity contribution in [3.05, 3.63) is 108 Å². The summed E-state index contributed by atoms with van der Waals surface area (Å²) in [4.78, 5) is 12.4. The number of hydrogen-bond acceptors (Lipinski definition) is 1. The molecule has 1 nitrogen and oxygen atoms in total. The van der Waals surface area contributed by atoms with E-state index in [0.29, 0.717) is 0 Å². The van der Waals surface area contributed by atoms with Gasteiger partial charge in [0.05, 0.1) is 0 Å². The Balaban J connectivity index is 1.41. The SMILES string of the molecule is O=C(C=CCCc1ccc2ccccc2c1)c1ccc2ccccc2c1. The summed E-state index contributed by atoms with van der Waals surface area (Å²) in [5.74, 6) is 0.0641. The van der Waals surface area contributed by atoms with Crippen molar-refractivity contribution in [2.24, 2.45) is 0 Å². The first-order valence-corrected chi connectivity index (χ1v) is 8.97. The van der Waals surface area contributed by atoms with Gasteiger partial charge in [0, 0.05) is 5.56 Å². The fraction of sp³-hybridized carbons (Fsp3) is 0.0800. The van der Waals surface area contributed by atoms with Crippen LogP contribution in [0.4, 0.5) is 0 Å². The Morgan fingerprint density at radius 1 is 0.692 bits per heavy atom. The van der Waals surface area contributed by atoms with Crippen LogP contribution in [0.3, 0.4) is 0 Å². The van der Waals surface area contributed by atoms with Gasteiger partial charge in [-0.05, 0) is 52.1 Å². The van der Waals surface area contributed by atoms with E-state index in [0.717, 1.165) is 29.2 Å². The van der Waals surface area contributed by atoms with E-state index in [1.54, 1.807) is 6.08 Å². The maximum Gasteiger partial charge on any atom is 0.185 e. The second-order valence-electron chi connectivity index (χ2n) is 6.55. The molecule has 4 aromatic rings. The third kappa shape index (κ3) is 3.57. The van der Waals surface area contributed by atoms with Crippen LogP contribution in [0.1, 0.15) is 22.3 Å². The van der Waals surface area contributed by atoms with Crippen LogP contribution in [0.15, 0.2) is 97.1 Å². The van der Waals surface area contributed by atoms with E-state index in [9.17, 15) is 4.79 Å². The molecule has 0 aliphatic rings. The summed E-state index contributed by atoms with van der Waals surface area (Å²) in [5, 5.41) is 4.78. The number of aryl methyl sites for hydroxylation is 1. The minimum absolute atomic E-state index is 0.0641. The summed E-state index contributed by atoms with van der Waals surface area (Å²) in [6.45, 7) is 0. The van der Waals surface area contributed by atoms with Crippen molar-refractivity contribution in [2.75, 3.05) is 0 Å². The zero-order valence-corrected chi connectivity index (χ0v) is 14.6. The molecular formula is C25H20O. The first-order chi connectivity index (χ1) is 12.8. The molecule has 126 valence electrons. The number of carbonyl (C=O) groups excluding carboxylic acids is 1. The van der Waals surface area contributed by atoms with Crippen LogP contribution in [0.5, 0.6) is 0 Å². The molecule has 0 N–H and O–H groups in total. The normalized spacial score (nSPS) is 11.4. The second kappa shape index (κ2) is 7.37. The molecule has 0 saturated heterocycles. The highest BCUT2D eigenvalue weighted by atomic mass is 16.1. The molecule has 0 aromatic heterocycles. The zero-order valence-electron chi connectivity index (χ0n) is 14.6. The van der Waals surface area contributed by atoms with Gasteiger partial charge in [0.1, 0.15) is 0 Å². The van der Waals surface area contributed by atoms with Gasteiger partial charge in [-0.1, -0.05) is 84.9 Å². The predicted octanol–water partition coefficient (Wildman–Crippen LogP) is 6.36. The van der Waals surface area contributed by atoms with E-state index in [1.807, 2.05) is 42.5 Å². The molecule has 0 saturated carbocycles. The lowest BCUT2D eigenvalue weighted by Gasteiger charge is -2.02. The van der Waals surface area contributed by atoms with Crippen LogP contribution in [-0.4, -0.2) is 5.78 Å². The average molecular weight is 336 g/mol. The Hall–Kier alpha value is -3.19. The Kier molecular flexibility index (Phi) is 4.61. The second-order valence-corrected chi connectivity index (χ2v) is 6.55. The Labute approximate surface area is 153 Å².